The molecule has 1 fully saturated rings. The van der Waals surface area contributed by atoms with E-state index in [1.165, 1.54) is 0 Å². The minimum absolute atomic E-state index is 0. The van der Waals surface area contributed by atoms with Crippen molar-refractivity contribution in [2.75, 3.05) is 30.9 Å². The highest BCUT2D eigenvalue weighted by Gasteiger charge is 2.24. The van der Waals surface area contributed by atoms with Crippen molar-refractivity contribution in [1.82, 2.24) is 10.3 Å². The fourth-order valence-electron chi connectivity index (χ4n) is 2.80. The topological polar surface area (TPSA) is 70.4 Å². The summed E-state index contributed by atoms with van der Waals surface area (Å²) in [6.45, 7) is 3.01. The molecule has 2 aromatic rings. The van der Waals surface area contributed by atoms with Gasteiger partial charge in [-0.2, -0.15) is 4.98 Å². The molecular formula is C16H23ClN4O2. The van der Waals surface area contributed by atoms with E-state index in [2.05, 4.69) is 22.5 Å². The number of hydrogen-bond acceptors (Lipinski definition) is 5. The minimum atomic E-state index is 0. The third-order valence-corrected chi connectivity index (χ3v) is 4.02. The van der Waals surface area contributed by atoms with Crippen molar-refractivity contribution in [3.63, 3.8) is 0 Å². The number of aromatic nitrogens is 1. The number of hydrogen-bond donors (Lipinski definition) is 2. The summed E-state index contributed by atoms with van der Waals surface area (Å²) in [5, 5.41) is 6.36. The van der Waals surface area contributed by atoms with Crippen LogP contribution in [0.5, 0.6) is 0 Å². The van der Waals surface area contributed by atoms with Crippen LogP contribution in [-0.4, -0.2) is 37.6 Å². The molecule has 0 unspecified atom stereocenters. The molecule has 0 spiro atoms. The third-order valence-electron chi connectivity index (χ3n) is 4.02. The Hall–Kier alpha value is -1.79. The molecule has 1 amide bonds. The van der Waals surface area contributed by atoms with Gasteiger partial charge in [0.15, 0.2) is 5.58 Å². The molecule has 0 aliphatic carbocycles. The quantitative estimate of drug-likeness (QED) is 0.900. The second-order valence-corrected chi connectivity index (χ2v) is 6.14. The summed E-state index contributed by atoms with van der Waals surface area (Å²) in [5.41, 5.74) is 2.24. The molecule has 126 valence electrons. The Labute approximate surface area is 142 Å². The average Bonchev–Trinajstić information content (AvgIpc) is 2.90. The lowest BCUT2D eigenvalue weighted by Crippen LogP contribution is -2.40. The van der Waals surface area contributed by atoms with Gasteiger partial charge in [0.05, 0.1) is 0 Å². The number of carbonyl (C=O) groups excluding carboxylic acids is 1. The van der Waals surface area contributed by atoms with Gasteiger partial charge in [-0.05, 0) is 44.5 Å². The van der Waals surface area contributed by atoms with E-state index < -0.39 is 0 Å². The lowest BCUT2D eigenvalue weighted by molar-refractivity contribution is -0.120. The molecule has 1 saturated heterocycles. The number of fused-ring (bicyclic) bond motifs is 1. The summed E-state index contributed by atoms with van der Waals surface area (Å²) < 4.78 is 5.61. The van der Waals surface area contributed by atoms with Gasteiger partial charge in [-0.1, -0.05) is 0 Å². The van der Waals surface area contributed by atoms with Gasteiger partial charge in [-0.15, -0.1) is 12.4 Å². The highest BCUT2D eigenvalue weighted by molar-refractivity contribution is 5.94. The van der Waals surface area contributed by atoms with Gasteiger partial charge in [0, 0.05) is 31.7 Å². The Bertz CT molecular complexity index is 686. The maximum absolute atomic E-state index is 12.4. The minimum Gasteiger partial charge on any atom is -0.423 e. The van der Waals surface area contributed by atoms with Crippen LogP contribution < -0.4 is 15.5 Å². The summed E-state index contributed by atoms with van der Waals surface area (Å²) in [5.74, 6) is 0.158. The van der Waals surface area contributed by atoms with Crippen molar-refractivity contribution in [3.05, 3.63) is 18.2 Å². The zero-order chi connectivity index (χ0) is 15.7. The van der Waals surface area contributed by atoms with Gasteiger partial charge >= 0.3 is 0 Å². The second kappa shape index (κ2) is 7.19. The van der Waals surface area contributed by atoms with Crippen LogP contribution in [0.2, 0.25) is 0 Å². The summed E-state index contributed by atoms with van der Waals surface area (Å²) in [6.07, 6.45) is 1.76. The number of amides is 1. The third kappa shape index (κ3) is 3.95. The molecule has 2 N–H and O–H groups in total. The number of anilines is 2. The van der Waals surface area contributed by atoms with E-state index >= 15 is 0 Å². The van der Waals surface area contributed by atoms with Crippen LogP contribution in [0.4, 0.5) is 11.7 Å². The fourth-order valence-corrected chi connectivity index (χ4v) is 2.80. The van der Waals surface area contributed by atoms with Crippen LogP contribution in [-0.2, 0) is 4.79 Å². The van der Waals surface area contributed by atoms with Gasteiger partial charge in [0.2, 0.25) is 5.91 Å². The summed E-state index contributed by atoms with van der Waals surface area (Å²) in [4.78, 5) is 18.6. The SMILES string of the molecule is C[C@H]1C[C@@H](C(=O)Nc2ccc3oc(N(C)C)nc3c2)CCN1.Cl. The van der Waals surface area contributed by atoms with Crippen molar-refractivity contribution in [3.8, 4) is 0 Å². The van der Waals surface area contributed by atoms with Gasteiger partial charge in [-0.3, -0.25) is 4.79 Å². The number of nitrogens with one attached hydrogen (secondary N) is 2. The van der Waals surface area contributed by atoms with Gasteiger partial charge in [-0.25, -0.2) is 0 Å². The molecule has 23 heavy (non-hydrogen) atoms. The van der Waals surface area contributed by atoms with Crippen LogP contribution in [0, 0.1) is 5.92 Å². The van der Waals surface area contributed by atoms with Crippen molar-refractivity contribution in [2.45, 2.75) is 25.8 Å². The molecule has 1 aliphatic heterocycles. The number of piperidine rings is 1. The zero-order valence-electron chi connectivity index (χ0n) is 13.6. The molecular weight excluding hydrogens is 316 g/mol. The molecule has 7 heteroatoms. The predicted octanol–water partition coefficient (Wildman–Crippen LogP) is 2.64. The number of halogens is 1. The standard InChI is InChI=1S/C16H22N4O2.ClH/c1-10-8-11(6-7-17-10)15(21)18-12-4-5-14-13(9-12)19-16(22-14)20(2)3;/h4-5,9-11,17H,6-8H2,1-3H3,(H,18,21);1H/t10-,11-;/m0./s1. The Morgan fingerprint density at radius 1 is 1.43 bits per heavy atom. The molecule has 1 aromatic carbocycles. The molecule has 0 bridgehead atoms. The lowest BCUT2D eigenvalue weighted by Gasteiger charge is -2.27. The van der Waals surface area contributed by atoms with Crippen LogP contribution in [0.1, 0.15) is 19.8 Å². The number of nitrogens with zero attached hydrogens (tertiary/aromatic N) is 2. The number of carbonyl (C=O) groups is 1. The van der Waals surface area contributed by atoms with E-state index in [4.69, 9.17) is 4.42 Å². The van der Waals surface area contributed by atoms with Crippen LogP contribution >= 0.6 is 12.4 Å². The van der Waals surface area contributed by atoms with Crippen LogP contribution in [0.25, 0.3) is 11.1 Å². The Morgan fingerprint density at radius 2 is 2.22 bits per heavy atom. The van der Waals surface area contributed by atoms with Gasteiger partial charge in [0.1, 0.15) is 5.52 Å². The van der Waals surface area contributed by atoms with Crippen molar-refractivity contribution in [2.24, 2.45) is 5.92 Å². The van der Waals surface area contributed by atoms with E-state index in [1.54, 1.807) is 0 Å². The van der Waals surface area contributed by atoms with E-state index in [0.29, 0.717) is 12.1 Å². The first-order valence-electron chi connectivity index (χ1n) is 7.65. The predicted molar refractivity (Wildman–Crippen MR) is 94.4 cm³/mol. The Balaban J connectivity index is 0.00000192. The fraction of sp³-hybridized carbons (Fsp3) is 0.500. The maximum atomic E-state index is 12.4. The van der Waals surface area contributed by atoms with E-state index in [-0.39, 0.29) is 24.2 Å². The molecule has 0 saturated carbocycles. The second-order valence-electron chi connectivity index (χ2n) is 6.14. The average molecular weight is 339 g/mol. The van der Waals surface area contributed by atoms with Gasteiger partial charge < -0.3 is 20.0 Å². The highest BCUT2D eigenvalue weighted by atomic mass is 35.5. The molecule has 1 aliphatic rings. The summed E-state index contributed by atoms with van der Waals surface area (Å²) in [7, 11) is 3.76. The van der Waals surface area contributed by atoms with Gasteiger partial charge in [0.25, 0.3) is 6.01 Å². The normalized spacial score (nSPS) is 20.8. The molecule has 0 radical (unpaired) electrons. The van der Waals surface area contributed by atoms with E-state index in [0.717, 1.165) is 36.2 Å². The number of rotatable bonds is 3. The van der Waals surface area contributed by atoms with Crippen molar-refractivity contribution in [1.29, 1.82) is 0 Å². The first kappa shape index (κ1) is 17.6. The molecule has 2 heterocycles. The summed E-state index contributed by atoms with van der Waals surface area (Å²) in [6, 6.07) is 6.51. The number of benzene rings is 1. The van der Waals surface area contributed by atoms with E-state index in [1.807, 2.05) is 37.2 Å². The molecule has 6 nitrogen and oxygen atoms in total. The Morgan fingerprint density at radius 3 is 2.91 bits per heavy atom. The van der Waals surface area contributed by atoms with E-state index in [9.17, 15) is 4.79 Å². The van der Waals surface area contributed by atoms with Crippen molar-refractivity contribution >= 4 is 41.1 Å². The smallest absolute Gasteiger partial charge is 0.297 e. The van der Waals surface area contributed by atoms with Crippen LogP contribution in [0.15, 0.2) is 22.6 Å². The largest absolute Gasteiger partial charge is 0.423 e. The molecule has 2 atom stereocenters. The highest BCUT2D eigenvalue weighted by Crippen LogP contribution is 2.25. The number of oxazole rings is 1. The first-order valence-corrected chi connectivity index (χ1v) is 7.65. The molecule has 1 aromatic heterocycles. The maximum Gasteiger partial charge on any atom is 0.297 e. The summed E-state index contributed by atoms with van der Waals surface area (Å²) >= 11 is 0. The van der Waals surface area contributed by atoms with Crippen LogP contribution in [0.3, 0.4) is 0 Å². The zero-order valence-corrected chi connectivity index (χ0v) is 14.4. The molecule has 3 rings (SSSR count). The lowest BCUT2D eigenvalue weighted by atomic mass is 9.92. The monoisotopic (exact) mass is 338 g/mol. The van der Waals surface area contributed by atoms with Crippen molar-refractivity contribution < 1.29 is 9.21 Å². The first-order chi connectivity index (χ1) is 10.5. The Kier molecular flexibility index (Phi) is 5.49.